The van der Waals surface area contributed by atoms with Crippen molar-refractivity contribution in [2.45, 2.75) is 31.5 Å². The molecule has 2 aromatic heterocycles. The minimum atomic E-state index is 0.0868. The number of aromatic nitrogens is 3. The summed E-state index contributed by atoms with van der Waals surface area (Å²) >= 11 is 1.42. The normalized spacial score (nSPS) is 15.7. The fraction of sp³-hybridized carbons (Fsp3) is 0.261. The van der Waals surface area contributed by atoms with Crippen LogP contribution in [0.2, 0.25) is 0 Å². The molecule has 4 aromatic rings. The first-order valence-electron chi connectivity index (χ1n) is 9.92. The van der Waals surface area contributed by atoms with Crippen LogP contribution < -0.4 is 9.64 Å². The van der Waals surface area contributed by atoms with E-state index in [2.05, 4.69) is 29.3 Å². The molecule has 1 atom stereocenters. The second kappa shape index (κ2) is 7.32. The maximum atomic E-state index is 13.1. The molecule has 1 aliphatic heterocycles. The molecule has 0 fully saturated rings. The molecule has 0 bridgehead atoms. The molecule has 7 heteroatoms. The van der Waals surface area contributed by atoms with Gasteiger partial charge in [-0.25, -0.2) is 0 Å². The number of thioether (sulfide) groups is 1. The van der Waals surface area contributed by atoms with Gasteiger partial charge < -0.3 is 9.64 Å². The topological polar surface area (TPSA) is 59.7 Å². The maximum Gasteiger partial charge on any atom is 0.237 e. The Morgan fingerprint density at radius 3 is 2.87 bits per heavy atom. The summed E-state index contributed by atoms with van der Waals surface area (Å²) in [7, 11) is 1.65. The molecule has 0 aliphatic carbocycles. The Hall–Kier alpha value is -3.06. The number of fused-ring (bicyclic) bond motifs is 4. The van der Waals surface area contributed by atoms with Crippen LogP contribution in [0.25, 0.3) is 16.6 Å². The van der Waals surface area contributed by atoms with Crippen LogP contribution in [0, 0.1) is 6.92 Å². The first-order chi connectivity index (χ1) is 14.6. The number of rotatable bonds is 4. The van der Waals surface area contributed by atoms with Crippen LogP contribution in [0.15, 0.2) is 53.7 Å². The van der Waals surface area contributed by atoms with Gasteiger partial charge in [-0.1, -0.05) is 30.0 Å². The number of hydrogen-bond acceptors (Lipinski definition) is 5. The van der Waals surface area contributed by atoms with Gasteiger partial charge in [-0.2, -0.15) is 0 Å². The zero-order valence-corrected chi connectivity index (χ0v) is 17.9. The van der Waals surface area contributed by atoms with E-state index in [-0.39, 0.29) is 11.9 Å². The number of para-hydroxylation sites is 1. The van der Waals surface area contributed by atoms with Gasteiger partial charge in [0.1, 0.15) is 5.75 Å². The molecule has 0 radical (unpaired) electrons. The van der Waals surface area contributed by atoms with Gasteiger partial charge in [-0.05, 0) is 61.0 Å². The second-order valence-electron chi connectivity index (χ2n) is 7.63. The number of amides is 1. The molecule has 3 heterocycles. The Morgan fingerprint density at radius 1 is 1.20 bits per heavy atom. The van der Waals surface area contributed by atoms with Crippen molar-refractivity contribution in [2.24, 2.45) is 0 Å². The Bertz CT molecular complexity index is 1280. The van der Waals surface area contributed by atoms with Gasteiger partial charge in [-0.15, -0.1) is 10.2 Å². The molecule has 2 aromatic carbocycles. The summed E-state index contributed by atoms with van der Waals surface area (Å²) in [5, 5.41) is 10.6. The second-order valence-corrected chi connectivity index (χ2v) is 8.57. The van der Waals surface area contributed by atoms with E-state index in [1.807, 2.05) is 52.6 Å². The summed E-state index contributed by atoms with van der Waals surface area (Å²) in [5.41, 5.74) is 5.05. The van der Waals surface area contributed by atoms with Crippen molar-refractivity contribution in [3.8, 4) is 5.75 Å². The van der Waals surface area contributed by atoms with Gasteiger partial charge in [0.25, 0.3) is 0 Å². The highest BCUT2D eigenvalue weighted by molar-refractivity contribution is 7.99. The number of methoxy groups -OCH3 is 1. The van der Waals surface area contributed by atoms with Gasteiger partial charge in [0.05, 0.1) is 18.4 Å². The van der Waals surface area contributed by atoms with E-state index in [0.717, 1.165) is 40.0 Å². The van der Waals surface area contributed by atoms with Crippen LogP contribution >= 0.6 is 11.8 Å². The average molecular weight is 419 g/mol. The first kappa shape index (κ1) is 18.9. The van der Waals surface area contributed by atoms with E-state index in [0.29, 0.717) is 10.9 Å². The quantitative estimate of drug-likeness (QED) is 0.463. The number of nitrogens with zero attached hydrogens (tertiary/aromatic N) is 4. The molecule has 0 saturated carbocycles. The lowest BCUT2D eigenvalue weighted by molar-refractivity contribution is -0.116. The number of hydrogen-bond donors (Lipinski definition) is 0. The summed E-state index contributed by atoms with van der Waals surface area (Å²) < 4.78 is 7.43. The molecule has 6 nitrogen and oxygen atoms in total. The number of ether oxygens (including phenoxy) is 1. The molecule has 30 heavy (non-hydrogen) atoms. The average Bonchev–Trinajstić information content (AvgIpc) is 3.33. The number of carbonyl (C=O) groups excluding carboxylic acids is 1. The maximum absolute atomic E-state index is 13.1. The zero-order chi connectivity index (χ0) is 20.8. The predicted octanol–water partition coefficient (Wildman–Crippen LogP) is 4.27. The van der Waals surface area contributed by atoms with E-state index < -0.39 is 0 Å². The van der Waals surface area contributed by atoms with Crippen molar-refractivity contribution in [2.75, 3.05) is 17.8 Å². The summed E-state index contributed by atoms with van der Waals surface area (Å²) in [6.45, 7) is 4.12. The molecular weight excluding hydrogens is 396 g/mol. The van der Waals surface area contributed by atoms with Crippen LogP contribution in [-0.2, 0) is 11.2 Å². The Kier molecular flexibility index (Phi) is 4.62. The van der Waals surface area contributed by atoms with Crippen molar-refractivity contribution in [3.63, 3.8) is 0 Å². The van der Waals surface area contributed by atoms with E-state index in [9.17, 15) is 4.79 Å². The standard InChI is InChI=1S/C23H22N4O2S/c1-14-10-17-8-9-18(29-3)12-20(17)27-22(14)24-25-23(27)30-13-21(28)26-15(2)11-16-6-4-5-7-19(16)26/h4-10,12,15H,11,13H2,1-3H3/t15-/m1/s1. The molecule has 152 valence electrons. The van der Waals surface area contributed by atoms with Crippen molar-refractivity contribution in [3.05, 3.63) is 59.7 Å². The third-order valence-corrected chi connectivity index (χ3v) is 6.55. The van der Waals surface area contributed by atoms with Crippen molar-refractivity contribution < 1.29 is 9.53 Å². The fourth-order valence-electron chi connectivity index (χ4n) is 4.24. The lowest BCUT2D eigenvalue weighted by Crippen LogP contribution is -2.37. The largest absolute Gasteiger partial charge is 0.497 e. The Morgan fingerprint density at radius 2 is 2.03 bits per heavy atom. The Balaban J connectivity index is 1.48. The summed E-state index contributed by atoms with van der Waals surface area (Å²) in [6, 6.07) is 16.4. The van der Waals surface area contributed by atoms with Crippen molar-refractivity contribution in [1.82, 2.24) is 14.6 Å². The minimum absolute atomic E-state index is 0.0868. The highest BCUT2D eigenvalue weighted by Crippen LogP contribution is 2.33. The van der Waals surface area contributed by atoms with Gasteiger partial charge in [0.2, 0.25) is 5.91 Å². The molecular formula is C23H22N4O2S. The highest BCUT2D eigenvalue weighted by Gasteiger charge is 2.30. The molecule has 1 amide bonds. The SMILES string of the molecule is COc1ccc2cc(C)c3nnc(SCC(=O)N4c5ccccc5C[C@H]4C)n3c2c1. The van der Waals surface area contributed by atoms with E-state index in [4.69, 9.17) is 4.74 Å². The predicted molar refractivity (Wildman–Crippen MR) is 120 cm³/mol. The number of benzene rings is 2. The van der Waals surface area contributed by atoms with E-state index in [1.165, 1.54) is 17.3 Å². The lowest BCUT2D eigenvalue weighted by Gasteiger charge is -2.22. The first-order valence-corrected chi connectivity index (χ1v) is 10.9. The monoisotopic (exact) mass is 418 g/mol. The molecule has 0 spiro atoms. The van der Waals surface area contributed by atoms with Crippen LogP contribution in [0.4, 0.5) is 5.69 Å². The summed E-state index contributed by atoms with van der Waals surface area (Å²) in [5.74, 6) is 1.17. The third-order valence-electron chi connectivity index (χ3n) is 5.64. The zero-order valence-electron chi connectivity index (χ0n) is 17.1. The minimum Gasteiger partial charge on any atom is -0.497 e. The van der Waals surface area contributed by atoms with Gasteiger partial charge >= 0.3 is 0 Å². The highest BCUT2D eigenvalue weighted by atomic mass is 32.2. The fourth-order valence-corrected chi connectivity index (χ4v) is 5.05. The van der Waals surface area contributed by atoms with Crippen LogP contribution in [0.5, 0.6) is 5.75 Å². The third kappa shape index (κ3) is 3.01. The van der Waals surface area contributed by atoms with Crippen molar-refractivity contribution in [1.29, 1.82) is 0 Å². The lowest BCUT2D eigenvalue weighted by atomic mass is 10.1. The summed E-state index contributed by atoms with van der Waals surface area (Å²) in [6.07, 6.45) is 0.893. The molecule has 1 aliphatic rings. The number of aryl methyl sites for hydroxylation is 1. The van der Waals surface area contributed by atoms with E-state index in [1.54, 1.807) is 7.11 Å². The number of anilines is 1. The smallest absolute Gasteiger partial charge is 0.237 e. The molecule has 0 unspecified atom stereocenters. The van der Waals surface area contributed by atoms with Crippen LogP contribution in [-0.4, -0.2) is 39.4 Å². The molecule has 0 saturated heterocycles. The van der Waals surface area contributed by atoms with Gasteiger partial charge in [-0.3, -0.25) is 9.20 Å². The Labute approximate surface area is 178 Å². The van der Waals surface area contributed by atoms with Crippen LogP contribution in [0.1, 0.15) is 18.1 Å². The molecule has 0 N–H and O–H groups in total. The van der Waals surface area contributed by atoms with Crippen molar-refractivity contribution >= 4 is 39.9 Å². The van der Waals surface area contributed by atoms with E-state index >= 15 is 0 Å². The molecule has 5 rings (SSSR count). The number of pyridine rings is 1. The van der Waals surface area contributed by atoms with Crippen LogP contribution in [0.3, 0.4) is 0 Å². The number of carbonyl (C=O) groups is 1. The van der Waals surface area contributed by atoms with Gasteiger partial charge in [0, 0.05) is 17.8 Å². The van der Waals surface area contributed by atoms with Gasteiger partial charge in [0.15, 0.2) is 10.8 Å². The summed E-state index contributed by atoms with van der Waals surface area (Å²) in [4.78, 5) is 15.0.